The minimum atomic E-state index is -0.472. The van der Waals surface area contributed by atoms with Crippen molar-refractivity contribution in [1.82, 2.24) is 9.55 Å². The Hall–Kier alpha value is -1.52. The molecule has 0 saturated carbocycles. The zero-order valence-electron chi connectivity index (χ0n) is 16.6. The molecule has 0 aliphatic carbocycles. The highest BCUT2D eigenvalue weighted by Crippen LogP contribution is 2.30. The van der Waals surface area contributed by atoms with Crippen LogP contribution in [0.1, 0.15) is 76.4 Å². The third-order valence-electron chi connectivity index (χ3n) is 4.75. The van der Waals surface area contributed by atoms with Crippen molar-refractivity contribution in [2.75, 3.05) is 0 Å². The average Bonchev–Trinajstić information content (AvgIpc) is 3.16. The average molecular weight is 425 g/mol. The van der Waals surface area contributed by atoms with Crippen molar-refractivity contribution < 1.29 is 9.53 Å². The van der Waals surface area contributed by atoms with Crippen molar-refractivity contribution in [2.45, 2.75) is 77.4 Å². The quantitative estimate of drug-likeness (QED) is 0.256. The van der Waals surface area contributed by atoms with Gasteiger partial charge in [-0.2, -0.15) is 0 Å². The second-order valence-electron chi connectivity index (χ2n) is 7.13. The van der Waals surface area contributed by atoms with Gasteiger partial charge in [-0.15, -0.1) is 0 Å². The molecular weight excluding hydrogens is 395 g/mol. The molecule has 1 aromatic heterocycles. The van der Waals surface area contributed by atoms with Gasteiger partial charge in [-0.25, -0.2) is 4.98 Å². The van der Waals surface area contributed by atoms with Crippen molar-refractivity contribution in [2.24, 2.45) is 0 Å². The van der Waals surface area contributed by atoms with Crippen LogP contribution in [0.3, 0.4) is 0 Å². The summed E-state index contributed by atoms with van der Waals surface area (Å²) in [5, 5.41) is 1.05. The van der Waals surface area contributed by atoms with Gasteiger partial charge in [0.2, 0.25) is 0 Å². The summed E-state index contributed by atoms with van der Waals surface area (Å²) in [7, 11) is 0. The Kier molecular flexibility index (Phi) is 10.4. The maximum atomic E-state index is 12.4. The van der Waals surface area contributed by atoms with E-state index >= 15 is 0 Å². The molecule has 1 atom stereocenters. The van der Waals surface area contributed by atoms with E-state index in [1.807, 2.05) is 16.8 Å². The van der Waals surface area contributed by atoms with Gasteiger partial charge in [-0.05, 0) is 18.6 Å². The van der Waals surface area contributed by atoms with E-state index in [4.69, 9.17) is 27.9 Å². The number of carbonyl (C=O) groups excluding carboxylic acids is 1. The minimum absolute atomic E-state index is 0.192. The first kappa shape index (κ1) is 22.8. The fourth-order valence-electron chi connectivity index (χ4n) is 3.17. The fraction of sp³-hybridized carbons (Fsp3) is 0.545. The van der Waals surface area contributed by atoms with Crippen LogP contribution in [0, 0.1) is 0 Å². The first-order valence-electron chi connectivity index (χ1n) is 10.2. The Morgan fingerprint density at radius 3 is 2.46 bits per heavy atom. The summed E-state index contributed by atoms with van der Waals surface area (Å²) >= 11 is 12.3. The van der Waals surface area contributed by atoms with Crippen LogP contribution in [0.2, 0.25) is 10.0 Å². The number of ether oxygens (including phenoxy) is 1. The number of aromatic nitrogens is 2. The van der Waals surface area contributed by atoms with Crippen LogP contribution in [0.25, 0.3) is 0 Å². The molecule has 0 bridgehead atoms. The summed E-state index contributed by atoms with van der Waals surface area (Å²) in [5.74, 6) is -0.192. The molecule has 0 radical (unpaired) electrons. The molecule has 1 aromatic carbocycles. The zero-order valence-corrected chi connectivity index (χ0v) is 18.1. The Morgan fingerprint density at radius 1 is 1.11 bits per heavy atom. The second kappa shape index (κ2) is 12.8. The highest BCUT2D eigenvalue weighted by molar-refractivity contribution is 6.35. The van der Waals surface area contributed by atoms with Crippen LogP contribution < -0.4 is 0 Å². The van der Waals surface area contributed by atoms with E-state index < -0.39 is 6.10 Å². The molecule has 0 fully saturated rings. The van der Waals surface area contributed by atoms with Gasteiger partial charge < -0.3 is 9.30 Å². The number of unbranched alkanes of at least 4 members (excludes halogenated alkanes) is 7. The van der Waals surface area contributed by atoms with Gasteiger partial charge in [0.25, 0.3) is 0 Å². The number of rotatable bonds is 13. The first-order valence-corrected chi connectivity index (χ1v) is 11.0. The van der Waals surface area contributed by atoms with Gasteiger partial charge in [0, 0.05) is 34.4 Å². The lowest BCUT2D eigenvalue weighted by Gasteiger charge is -2.20. The molecule has 4 nitrogen and oxygen atoms in total. The lowest BCUT2D eigenvalue weighted by atomic mass is 10.1. The van der Waals surface area contributed by atoms with E-state index in [9.17, 15) is 4.79 Å². The number of benzene rings is 1. The van der Waals surface area contributed by atoms with E-state index in [1.54, 1.807) is 24.7 Å². The fourth-order valence-corrected chi connectivity index (χ4v) is 3.70. The predicted molar refractivity (Wildman–Crippen MR) is 115 cm³/mol. The number of halogens is 2. The first-order chi connectivity index (χ1) is 13.6. The van der Waals surface area contributed by atoms with Crippen LogP contribution >= 0.6 is 23.2 Å². The van der Waals surface area contributed by atoms with Crippen molar-refractivity contribution in [1.29, 1.82) is 0 Å². The molecule has 0 aliphatic rings. The minimum Gasteiger partial charge on any atom is -0.455 e. The van der Waals surface area contributed by atoms with Crippen molar-refractivity contribution in [3.63, 3.8) is 0 Å². The van der Waals surface area contributed by atoms with Crippen molar-refractivity contribution in [3.05, 3.63) is 52.5 Å². The number of hydrogen-bond donors (Lipinski definition) is 0. The van der Waals surface area contributed by atoms with Gasteiger partial charge in [-0.3, -0.25) is 4.79 Å². The zero-order chi connectivity index (χ0) is 20.2. The molecule has 1 heterocycles. The molecule has 6 heteroatoms. The van der Waals surface area contributed by atoms with Gasteiger partial charge >= 0.3 is 5.97 Å². The Morgan fingerprint density at radius 2 is 1.82 bits per heavy atom. The summed E-state index contributed by atoms with van der Waals surface area (Å²) in [5.41, 5.74) is 0.754. The van der Waals surface area contributed by atoms with Crippen LogP contribution in [0.5, 0.6) is 0 Å². The molecule has 0 saturated heterocycles. The van der Waals surface area contributed by atoms with Crippen LogP contribution in [-0.4, -0.2) is 15.5 Å². The van der Waals surface area contributed by atoms with E-state index in [1.165, 1.54) is 38.5 Å². The molecule has 0 spiro atoms. The number of imidazole rings is 1. The summed E-state index contributed by atoms with van der Waals surface area (Å²) in [6.45, 7) is 2.69. The van der Waals surface area contributed by atoms with Gasteiger partial charge in [0.1, 0.15) is 6.10 Å². The Labute approximate surface area is 178 Å². The topological polar surface area (TPSA) is 44.1 Å². The second-order valence-corrected chi connectivity index (χ2v) is 7.97. The van der Waals surface area contributed by atoms with Gasteiger partial charge in [-0.1, -0.05) is 81.1 Å². The molecule has 0 N–H and O–H groups in total. The Bertz CT molecular complexity index is 705. The molecule has 2 aromatic rings. The van der Waals surface area contributed by atoms with Crippen LogP contribution in [0.4, 0.5) is 0 Å². The third kappa shape index (κ3) is 8.24. The maximum absolute atomic E-state index is 12.4. The molecule has 28 heavy (non-hydrogen) atoms. The molecule has 154 valence electrons. The molecule has 2 rings (SSSR count). The molecule has 1 unspecified atom stereocenters. The van der Waals surface area contributed by atoms with Crippen molar-refractivity contribution in [3.8, 4) is 0 Å². The summed E-state index contributed by atoms with van der Waals surface area (Å²) in [6, 6.07) is 5.25. The summed E-state index contributed by atoms with van der Waals surface area (Å²) < 4.78 is 7.65. The van der Waals surface area contributed by atoms with E-state index in [0.717, 1.165) is 18.4 Å². The maximum Gasteiger partial charge on any atom is 0.306 e. The van der Waals surface area contributed by atoms with Crippen LogP contribution in [0.15, 0.2) is 36.9 Å². The lowest BCUT2D eigenvalue weighted by molar-refractivity contribution is -0.150. The smallest absolute Gasteiger partial charge is 0.306 e. The largest absolute Gasteiger partial charge is 0.455 e. The highest BCUT2D eigenvalue weighted by atomic mass is 35.5. The van der Waals surface area contributed by atoms with E-state index in [2.05, 4.69) is 11.9 Å². The van der Waals surface area contributed by atoms with Crippen LogP contribution in [-0.2, 0) is 16.1 Å². The summed E-state index contributed by atoms with van der Waals surface area (Å²) in [6.07, 6.45) is 14.7. The predicted octanol–water partition coefficient (Wildman–Crippen LogP) is 7.01. The van der Waals surface area contributed by atoms with Crippen molar-refractivity contribution >= 4 is 29.2 Å². The van der Waals surface area contributed by atoms with Gasteiger partial charge in [0.05, 0.1) is 12.9 Å². The molecule has 0 aliphatic heterocycles. The highest BCUT2D eigenvalue weighted by Gasteiger charge is 2.20. The summed E-state index contributed by atoms with van der Waals surface area (Å²) in [4.78, 5) is 16.4. The SMILES string of the molecule is CCCCCCCCCCC(=O)OC(Cn1ccnc1)c1ccc(Cl)cc1Cl. The number of carbonyl (C=O) groups is 1. The molecular formula is C22H30Cl2N2O2. The number of nitrogens with zero attached hydrogens (tertiary/aromatic N) is 2. The van der Waals surface area contributed by atoms with E-state index in [-0.39, 0.29) is 5.97 Å². The molecule has 0 amide bonds. The monoisotopic (exact) mass is 424 g/mol. The standard InChI is InChI=1S/C22H30Cl2N2O2/c1-2-3-4-5-6-7-8-9-10-22(27)28-21(16-26-14-13-25-17-26)19-12-11-18(23)15-20(19)24/h11-15,17,21H,2-10,16H2,1H3. The lowest BCUT2D eigenvalue weighted by Crippen LogP contribution is -2.17. The normalized spacial score (nSPS) is 12.1. The van der Waals surface area contributed by atoms with E-state index in [0.29, 0.717) is 23.0 Å². The number of hydrogen-bond acceptors (Lipinski definition) is 3. The Balaban J connectivity index is 1.83. The number of esters is 1. The third-order valence-corrected chi connectivity index (χ3v) is 5.32. The van der Waals surface area contributed by atoms with Gasteiger partial charge in [0.15, 0.2) is 0 Å².